The number of benzene rings is 4. The van der Waals surface area contributed by atoms with Gasteiger partial charge in [0.15, 0.2) is 0 Å². The fourth-order valence-electron chi connectivity index (χ4n) is 3.71. The third-order valence-corrected chi connectivity index (χ3v) is 5.62. The van der Waals surface area contributed by atoms with E-state index in [0.717, 1.165) is 38.9 Å². The monoisotopic (exact) mass is 553 g/mol. The van der Waals surface area contributed by atoms with Crippen molar-refractivity contribution in [3.8, 4) is 17.1 Å². The molecule has 5 rings (SSSR count). The summed E-state index contributed by atoms with van der Waals surface area (Å²) in [5.74, 6) is 0.821. The summed E-state index contributed by atoms with van der Waals surface area (Å²) in [6, 6.07) is 32.0. The lowest BCUT2D eigenvalue weighted by atomic mass is 10.1. The predicted molar refractivity (Wildman–Crippen MR) is 143 cm³/mol. The summed E-state index contributed by atoms with van der Waals surface area (Å²) >= 11 is 6.26. The molecule has 0 aliphatic rings. The quantitative estimate of drug-likeness (QED) is 0.114. The van der Waals surface area contributed by atoms with E-state index in [-0.39, 0.29) is 5.97 Å². The van der Waals surface area contributed by atoms with Crippen molar-refractivity contribution >= 4 is 41.5 Å². The van der Waals surface area contributed by atoms with E-state index in [1.54, 1.807) is 24.3 Å². The number of rotatable bonds is 4. The van der Waals surface area contributed by atoms with Gasteiger partial charge in [-0.15, -0.1) is 0 Å². The van der Waals surface area contributed by atoms with E-state index >= 15 is 0 Å². The van der Waals surface area contributed by atoms with Gasteiger partial charge in [-0.1, -0.05) is 59.6 Å². The van der Waals surface area contributed by atoms with Crippen molar-refractivity contribution in [3.63, 3.8) is 0 Å². The minimum Gasteiger partial charge on any atom is -0.456 e. The van der Waals surface area contributed by atoms with Crippen molar-refractivity contribution in [2.45, 2.75) is 6.92 Å². The lowest BCUT2D eigenvalue weighted by Crippen LogP contribution is -2.70. The molecule has 0 atom stereocenters. The molecule has 0 saturated heterocycles. The predicted octanol–water partition coefficient (Wildman–Crippen LogP) is 6.89. The van der Waals surface area contributed by atoms with Gasteiger partial charge in [0.1, 0.15) is 17.1 Å². The third kappa shape index (κ3) is 8.06. The van der Waals surface area contributed by atoms with Gasteiger partial charge in [0, 0.05) is 22.7 Å². The molecule has 0 amide bonds. The molecule has 0 unspecified atom stereocenters. The average molecular weight is 554 g/mol. The van der Waals surface area contributed by atoms with Gasteiger partial charge in [0.2, 0.25) is 11.0 Å². The summed E-state index contributed by atoms with van der Waals surface area (Å²) < 4.78 is 50.7. The zero-order valence-electron chi connectivity index (χ0n) is 20.5. The Labute approximate surface area is 226 Å². The Balaban J connectivity index is 0.000000648. The van der Waals surface area contributed by atoms with E-state index < -0.39 is 7.25 Å². The van der Waals surface area contributed by atoms with Crippen LogP contribution in [0.25, 0.3) is 22.3 Å². The first-order valence-electron chi connectivity index (χ1n) is 11.7. The van der Waals surface area contributed by atoms with E-state index in [1.165, 1.54) is 0 Å². The molecule has 10 heteroatoms. The molecule has 1 N–H and O–H groups in total. The van der Waals surface area contributed by atoms with E-state index in [1.807, 2.05) is 85.8 Å². The molecule has 0 radical (unpaired) electrons. The molecule has 198 valence electrons. The van der Waals surface area contributed by atoms with E-state index in [0.29, 0.717) is 16.3 Å². The molecule has 4 nitrogen and oxygen atoms in total. The number of hydrogen-bond donors (Lipinski definition) is 1. The Hall–Kier alpha value is -4.37. The van der Waals surface area contributed by atoms with Crippen molar-refractivity contribution in [1.29, 1.82) is 0 Å². The molecule has 0 bridgehead atoms. The molecule has 0 spiro atoms. The van der Waals surface area contributed by atoms with Crippen LogP contribution in [0.2, 0.25) is 5.02 Å². The fourth-order valence-corrected chi connectivity index (χ4v) is 3.88. The van der Waals surface area contributed by atoms with E-state index in [2.05, 4.69) is 4.99 Å². The van der Waals surface area contributed by atoms with E-state index in [4.69, 9.17) is 20.8 Å². The van der Waals surface area contributed by atoms with Gasteiger partial charge in [-0.3, -0.25) is 0 Å². The van der Waals surface area contributed by atoms with Crippen LogP contribution in [-0.2, 0) is 0 Å². The Kier molecular flexibility index (Phi) is 8.51. The number of halogens is 5. The Morgan fingerprint density at radius 1 is 0.846 bits per heavy atom. The van der Waals surface area contributed by atoms with Crippen molar-refractivity contribution in [1.82, 2.24) is 0 Å². The second kappa shape index (κ2) is 12.0. The van der Waals surface area contributed by atoms with Gasteiger partial charge >= 0.3 is 13.2 Å². The lowest BCUT2D eigenvalue weighted by molar-refractivity contribution is -0.400. The summed E-state index contributed by atoms with van der Waals surface area (Å²) in [5.41, 5.74) is 4.05. The number of ether oxygens (including phenoxy) is 1. The summed E-state index contributed by atoms with van der Waals surface area (Å²) in [7, 11) is -6.00. The van der Waals surface area contributed by atoms with Gasteiger partial charge in [-0.25, -0.2) is 9.79 Å². The molecule has 4 aromatic carbocycles. The lowest BCUT2D eigenvalue weighted by Gasteiger charge is -2.05. The van der Waals surface area contributed by atoms with E-state index in [9.17, 15) is 22.1 Å². The molecule has 0 aliphatic carbocycles. The highest BCUT2D eigenvalue weighted by atomic mass is 35.5. The summed E-state index contributed by atoms with van der Waals surface area (Å²) in [6.07, 6.45) is 0. The molecule has 0 fully saturated rings. The average Bonchev–Trinajstić information content (AvgIpc) is 2.89. The van der Waals surface area contributed by atoms with Crippen LogP contribution >= 0.6 is 11.6 Å². The molecular weight excluding hydrogens is 533 g/mol. The highest BCUT2D eigenvalue weighted by Gasteiger charge is 2.20. The van der Waals surface area contributed by atoms with Crippen molar-refractivity contribution in [2.24, 2.45) is 0 Å². The number of esters is 1. The maximum Gasteiger partial charge on any atom is 0.673 e. The van der Waals surface area contributed by atoms with Crippen LogP contribution in [0.1, 0.15) is 15.9 Å². The topological polar surface area (TPSA) is 53.4 Å². The molecule has 39 heavy (non-hydrogen) atoms. The molecular formula is C29H21BClF4NO3. The van der Waals surface area contributed by atoms with Gasteiger partial charge in [-0.2, -0.15) is 0 Å². The minimum atomic E-state index is -6.00. The normalized spacial score (nSPS) is 11.6. The second-order valence-electron chi connectivity index (χ2n) is 8.43. The zero-order chi connectivity index (χ0) is 28.0. The number of fused-ring (bicyclic) bond motifs is 1. The minimum absolute atomic E-state index is 0.387. The largest absolute Gasteiger partial charge is 0.673 e. The van der Waals surface area contributed by atoms with Crippen LogP contribution in [0.4, 0.5) is 23.0 Å². The standard InChI is InChI=1S/C29H20ClNO3.BF4/c1-19-6-5-9-21(16-19)29(32)33-24-13-11-23(12-14-24)31-26-18-28(20-7-3-2-4-8-20)34-27-15-10-22(30)17-25(26)27;2-1(3,4)5/h2-18H,1H3;/q;-1/p+1. The Morgan fingerprint density at radius 3 is 2.21 bits per heavy atom. The maximum absolute atomic E-state index is 12.4. The first kappa shape index (κ1) is 27.7. The SMILES string of the molecule is Cc1cccc(C(=O)Oc2ccc([NH+]=c3cc(-c4ccccc4)oc4ccc(Cl)cc34)cc2)c1.F[B-](F)(F)F. The van der Waals surface area contributed by atoms with Crippen molar-refractivity contribution in [2.75, 3.05) is 0 Å². The number of hydrogen-bond acceptors (Lipinski definition) is 3. The molecule has 1 heterocycles. The van der Waals surface area contributed by atoms with Crippen molar-refractivity contribution in [3.05, 3.63) is 125 Å². The van der Waals surface area contributed by atoms with Gasteiger partial charge in [0.05, 0.1) is 17.0 Å². The molecule has 5 aromatic rings. The smallest absolute Gasteiger partial charge is 0.456 e. The zero-order valence-corrected chi connectivity index (χ0v) is 21.3. The van der Waals surface area contributed by atoms with Crippen LogP contribution < -0.4 is 15.1 Å². The molecule has 0 aliphatic heterocycles. The van der Waals surface area contributed by atoms with Crippen LogP contribution in [0.15, 0.2) is 108 Å². The van der Waals surface area contributed by atoms with Crippen molar-refractivity contribution < 1.29 is 36.2 Å². The number of carbonyl (C=O) groups is 1. The van der Waals surface area contributed by atoms with Crippen LogP contribution in [0.3, 0.4) is 0 Å². The molecule has 1 aromatic heterocycles. The first-order chi connectivity index (χ1) is 18.5. The first-order valence-corrected chi connectivity index (χ1v) is 12.1. The number of nitrogens with one attached hydrogen (secondary N) is 1. The van der Waals surface area contributed by atoms with Crippen LogP contribution in [0, 0.1) is 6.92 Å². The van der Waals surface area contributed by atoms with Gasteiger partial charge in [-0.05, 0) is 49.4 Å². The second-order valence-corrected chi connectivity index (χ2v) is 8.87. The van der Waals surface area contributed by atoms with Crippen LogP contribution in [-0.4, -0.2) is 13.2 Å². The van der Waals surface area contributed by atoms with Gasteiger partial charge < -0.3 is 26.4 Å². The fraction of sp³-hybridized carbons (Fsp3) is 0.0345. The summed E-state index contributed by atoms with van der Waals surface area (Å²) in [4.78, 5) is 15.9. The third-order valence-electron chi connectivity index (χ3n) is 5.38. The number of carbonyl (C=O) groups excluding carboxylic acids is 1. The number of aryl methyl sites for hydroxylation is 1. The van der Waals surface area contributed by atoms with Crippen LogP contribution in [0.5, 0.6) is 5.75 Å². The summed E-state index contributed by atoms with van der Waals surface area (Å²) in [5, 5.41) is 2.34. The highest BCUT2D eigenvalue weighted by molar-refractivity contribution is 6.50. The highest BCUT2D eigenvalue weighted by Crippen LogP contribution is 2.23. The van der Waals surface area contributed by atoms with Gasteiger partial charge in [0.25, 0.3) is 0 Å². The maximum atomic E-state index is 12.4. The summed E-state index contributed by atoms with van der Waals surface area (Å²) in [6.45, 7) is 1.94. The molecule has 0 saturated carbocycles. The Morgan fingerprint density at radius 2 is 1.54 bits per heavy atom. The Bertz CT molecular complexity index is 1670.